The molecule has 13 heavy (non-hydrogen) atoms. The van der Waals surface area contributed by atoms with Gasteiger partial charge in [0.25, 0.3) is 0 Å². The highest BCUT2D eigenvalue weighted by Gasteiger charge is 2.11. The molecule has 0 saturated heterocycles. The molecule has 0 fully saturated rings. The number of hydrogen-bond acceptors (Lipinski definition) is 3. The maximum Gasteiger partial charge on any atom is 0.164 e. The normalized spacial score (nSPS) is 10.5. The van der Waals surface area contributed by atoms with Crippen LogP contribution in [0.3, 0.4) is 0 Å². The van der Waals surface area contributed by atoms with Crippen LogP contribution >= 0.6 is 11.3 Å². The molecule has 0 bridgehead atoms. The number of benzene rings is 1. The fourth-order valence-electron chi connectivity index (χ4n) is 1.40. The van der Waals surface area contributed by atoms with Gasteiger partial charge >= 0.3 is 0 Å². The van der Waals surface area contributed by atoms with Gasteiger partial charge in [-0.2, -0.15) is 0 Å². The van der Waals surface area contributed by atoms with Crippen molar-refractivity contribution in [3.8, 4) is 5.75 Å². The van der Waals surface area contributed by atoms with Crippen molar-refractivity contribution in [2.75, 3.05) is 0 Å². The first-order valence-electron chi connectivity index (χ1n) is 3.90. The third kappa shape index (κ3) is 1.21. The van der Waals surface area contributed by atoms with Crippen molar-refractivity contribution in [3.63, 3.8) is 0 Å². The summed E-state index contributed by atoms with van der Waals surface area (Å²) < 4.78 is 1.03. The Balaban J connectivity index is 2.88. The molecule has 0 aliphatic heterocycles. The van der Waals surface area contributed by atoms with Crippen LogP contribution in [0, 0.1) is 0 Å². The molecule has 1 heterocycles. The molecule has 1 N–H and O–H groups in total. The van der Waals surface area contributed by atoms with Gasteiger partial charge in [0.1, 0.15) is 5.75 Å². The SMILES string of the molecule is CC(=O)c1c(O)ccc2sccc12. The lowest BCUT2D eigenvalue weighted by atomic mass is 10.1. The molecule has 3 heteroatoms. The Labute approximate surface area is 79.4 Å². The predicted octanol–water partition coefficient (Wildman–Crippen LogP) is 2.81. The summed E-state index contributed by atoms with van der Waals surface area (Å²) in [5, 5.41) is 12.2. The quantitative estimate of drug-likeness (QED) is 0.705. The number of fused-ring (bicyclic) bond motifs is 1. The highest BCUT2D eigenvalue weighted by molar-refractivity contribution is 7.17. The molecule has 0 aliphatic carbocycles. The third-order valence-electron chi connectivity index (χ3n) is 1.97. The zero-order chi connectivity index (χ0) is 9.42. The largest absolute Gasteiger partial charge is 0.507 e. The van der Waals surface area contributed by atoms with E-state index in [1.165, 1.54) is 6.92 Å². The van der Waals surface area contributed by atoms with Crippen LogP contribution in [0.15, 0.2) is 23.6 Å². The number of rotatable bonds is 1. The number of thiophene rings is 1. The number of phenols is 1. The first kappa shape index (κ1) is 8.26. The minimum atomic E-state index is -0.0958. The molecule has 0 amide bonds. The van der Waals surface area contributed by atoms with E-state index in [9.17, 15) is 9.90 Å². The Morgan fingerprint density at radius 2 is 2.15 bits per heavy atom. The van der Waals surface area contributed by atoms with Gasteiger partial charge in [-0.15, -0.1) is 11.3 Å². The van der Waals surface area contributed by atoms with Crippen LogP contribution in [0.4, 0.5) is 0 Å². The molecule has 1 aromatic carbocycles. The van der Waals surface area contributed by atoms with Crippen LogP contribution in [-0.2, 0) is 0 Å². The van der Waals surface area contributed by atoms with E-state index < -0.39 is 0 Å². The monoisotopic (exact) mass is 192 g/mol. The van der Waals surface area contributed by atoms with Gasteiger partial charge < -0.3 is 5.11 Å². The minimum absolute atomic E-state index is 0.0680. The summed E-state index contributed by atoms with van der Waals surface area (Å²) in [6.07, 6.45) is 0. The summed E-state index contributed by atoms with van der Waals surface area (Å²) in [6, 6.07) is 5.24. The Morgan fingerprint density at radius 1 is 1.38 bits per heavy atom. The summed E-state index contributed by atoms with van der Waals surface area (Å²) in [4.78, 5) is 11.2. The Hall–Kier alpha value is -1.35. The van der Waals surface area contributed by atoms with E-state index in [1.807, 2.05) is 17.5 Å². The van der Waals surface area contributed by atoms with E-state index in [0.717, 1.165) is 10.1 Å². The number of carbonyl (C=O) groups is 1. The van der Waals surface area contributed by atoms with Crippen LogP contribution in [0.5, 0.6) is 5.75 Å². The molecular weight excluding hydrogens is 184 g/mol. The molecule has 2 aromatic rings. The van der Waals surface area contributed by atoms with Crippen LogP contribution < -0.4 is 0 Å². The average Bonchev–Trinajstić information content (AvgIpc) is 2.50. The van der Waals surface area contributed by atoms with Gasteiger partial charge in [0.05, 0.1) is 5.56 Å². The molecule has 2 rings (SSSR count). The van der Waals surface area contributed by atoms with E-state index in [2.05, 4.69) is 0 Å². The molecular formula is C10H8O2S. The Bertz CT molecular complexity index is 471. The second-order valence-electron chi connectivity index (χ2n) is 2.85. The maximum atomic E-state index is 11.2. The summed E-state index contributed by atoms with van der Waals surface area (Å²) in [5.74, 6) is -0.0279. The fraction of sp³-hybridized carbons (Fsp3) is 0.100. The van der Waals surface area contributed by atoms with Crippen molar-refractivity contribution < 1.29 is 9.90 Å². The van der Waals surface area contributed by atoms with Crippen LogP contribution in [0.1, 0.15) is 17.3 Å². The van der Waals surface area contributed by atoms with Crippen molar-refractivity contribution in [2.45, 2.75) is 6.92 Å². The third-order valence-corrected chi connectivity index (χ3v) is 2.85. The molecule has 0 radical (unpaired) electrons. The number of hydrogen-bond donors (Lipinski definition) is 1. The summed E-state index contributed by atoms with van der Waals surface area (Å²) >= 11 is 1.56. The highest BCUT2D eigenvalue weighted by atomic mass is 32.1. The lowest BCUT2D eigenvalue weighted by Crippen LogP contribution is -1.92. The zero-order valence-electron chi connectivity index (χ0n) is 7.07. The second kappa shape index (κ2) is 2.85. The molecule has 0 atom stereocenters. The molecule has 0 unspecified atom stereocenters. The van der Waals surface area contributed by atoms with Gasteiger partial charge in [0, 0.05) is 10.1 Å². The van der Waals surface area contributed by atoms with E-state index in [1.54, 1.807) is 17.4 Å². The van der Waals surface area contributed by atoms with Crippen molar-refractivity contribution in [2.24, 2.45) is 0 Å². The second-order valence-corrected chi connectivity index (χ2v) is 3.80. The smallest absolute Gasteiger partial charge is 0.164 e. The number of phenolic OH excluding ortho intramolecular Hbond substituents is 1. The maximum absolute atomic E-state index is 11.2. The fourth-order valence-corrected chi connectivity index (χ4v) is 2.20. The number of Topliss-reactive ketones (excluding diaryl/α,β-unsaturated/α-hetero) is 1. The van der Waals surface area contributed by atoms with E-state index in [4.69, 9.17) is 0 Å². The first-order valence-corrected chi connectivity index (χ1v) is 4.78. The van der Waals surface area contributed by atoms with Crippen LogP contribution in [-0.4, -0.2) is 10.9 Å². The van der Waals surface area contributed by atoms with E-state index >= 15 is 0 Å². The molecule has 66 valence electrons. The summed E-state index contributed by atoms with van der Waals surface area (Å²) in [5.41, 5.74) is 0.429. The molecule has 0 aliphatic rings. The van der Waals surface area contributed by atoms with Crippen LogP contribution in [0.2, 0.25) is 0 Å². The summed E-state index contributed by atoms with van der Waals surface area (Å²) in [7, 11) is 0. The Morgan fingerprint density at radius 3 is 2.85 bits per heavy atom. The van der Waals surface area contributed by atoms with E-state index in [-0.39, 0.29) is 11.5 Å². The van der Waals surface area contributed by atoms with Gasteiger partial charge in [-0.3, -0.25) is 4.79 Å². The van der Waals surface area contributed by atoms with Gasteiger partial charge in [0.15, 0.2) is 5.78 Å². The zero-order valence-corrected chi connectivity index (χ0v) is 7.89. The topological polar surface area (TPSA) is 37.3 Å². The van der Waals surface area contributed by atoms with Gasteiger partial charge in [-0.05, 0) is 30.5 Å². The van der Waals surface area contributed by atoms with Gasteiger partial charge in [-0.25, -0.2) is 0 Å². The Kier molecular flexibility index (Phi) is 1.81. The number of aromatic hydroxyl groups is 1. The number of ketones is 1. The lowest BCUT2D eigenvalue weighted by molar-refractivity contribution is 0.101. The lowest BCUT2D eigenvalue weighted by Gasteiger charge is -2.01. The summed E-state index contributed by atoms with van der Waals surface area (Å²) in [6.45, 7) is 1.46. The first-order chi connectivity index (χ1) is 6.20. The minimum Gasteiger partial charge on any atom is -0.507 e. The van der Waals surface area contributed by atoms with Crippen molar-refractivity contribution in [1.82, 2.24) is 0 Å². The molecule has 0 spiro atoms. The standard InChI is InChI=1S/C10H8O2S/c1-6(11)10-7-4-5-13-9(7)3-2-8(10)12/h2-5,12H,1H3. The highest BCUT2D eigenvalue weighted by Crippen LogP contribution is 2.30. The van der Waals surface area contributed by atoms with Gasteiger partial charge in [0.2, 0.25) is 0 Å². The molecule has 0 saturated carbocycles. The van der Waals surface area contributed by atoms with Gasteiger partial charge in [-0.1, -0.05) is 0 Å². The molecule has 2 nitrogen and oxygen atoms in total. The van der Waals surface area contributed by atoms with Crippen molar-refractivity contribution in [1.29, 1.82) is 0 Å². The van der Waals surface area contributed by atoms with E-state index in [0.29, 0.717) is 5.56 Å². The number of carbonyl (C=O) groups excluding carboxylic acids is 1. The van der Waals surface area contributed by atoms with Crippen LogP contribution in [0.25, 0.3) is 10.1 Å². The predicted molar refractivity (Wildman–Crippen MR) is 53.5 cm³/mol. The average molecular weight is 192 g/mol. The van der Waals surface area contributed by atoms with Crippen molar-refractivity contribution >= 4 is 27.2 Å². The van der Waals surface area contributed by atoms with Crippen molar-refractivity contribution in [3.05, 3.63) is 29.1 Å². The molecule has 1 aromatic heterocycles.